The first kappa shape index (κ1) is 15.2. The Morgan fingerprint density at radius 1 is 1.00 bits per heavy atom. The molecule has 0 saturated carbocycles. The summed E-state index contributed by atoms with van der Waals surface area (Å²) in [5.74, 6) is -4.64. The van der Waals surface area contributed by atoms with Gasteiger partial charge in [0.2, 0.25) is 0 Å². The van der Waals surface area contributed by atoms with Crippen LogP contribution in [0, 0.1) is 0 Å². The maximum Gasteiger partial charge on any atom is 0.453 e. The second kappa shape index (κ2) is 6.67. The predicted octanol–water partition coefficient (Wildman–Crippen LogP) is 3.14. The number of alkyl halides is 5. The molecular weight excluding hydrogens is 235 g/mol. The lowest BCUT2D eigenvalue weighted by Crippen LogP contribution is -2.36. The first-order valence-corrected chi connectivity index (χ1v) is 4.56. The molecule has 0 atom stereocenters. The molecule has 0 fully saturated rings. The molecule has 2 nitrogen and oxygen atoms in total. The summed E-state index contributed by atoms with van der Waals surface area (Å²) in [7, 11) is 0. The van der Waals surface area contributed by atoms with Gasteiger partial charge in [0.05, 0.1) is 12.9 Å². The highest BCUT2D eigenvalue weighted by Gasteiger charge is 2.56. The highest BCUT2D eigenvalue weighted by Crippen LogP contribution is 2.38. The molecule has 0 spiro atoms. The molecule has 0 amide bonds. The van der Waals surface area contributed by atoms with Crippen molar-refractivity contribution in [1.29, 1.82) is 0 Å². The maximum atomic E-state index is 12.3. The van der Waals surface area contributed by atoms with Crippen molar-refractivity contribution in [2.45, 2.75) is 24.9 Å². The first-order valence-electron chi connectivity index (χ1n) is 4.56. The molecule has 0 rings (SSSR count). The minimum atomic E-state index is -5.49. The number of hydrogen-bond acceptors (Lipinski definition) is 2. The van der Waals surface area contributed by atoms with Gasteiger partial charge < -0.3 is 9.47 Å². The third-order valence-corrected chi connectivity index (χ3v) is 1.66. The first-order chi connectivity index (χ1) is 7.31. The number of halogens is 5. The lowest BCUT2D eigenvalue weighted by atomic mass is 10.2. The fourth-order valence-corrected chi connectivity index (χ4v) is 0.830. The van der Waals surface area contributed by atoms with E-state index in [4.69, 9.17) is 4.74 Å². The Morgan fingerprint density at radius 3 is 2.12 bits per heavy atom. The summed E-state index contributed by atoms with van der Waals surface area (Å²) in [6.07, 6.45) is -5.93. The van der Waals surface area contributed by atoms with Gasteiger partial charge in [0.25, 0.3) is 0 Å². The van der Waals surface area contributed by atoms with Gasteiger partial charge in [-0.3, -0.25) is 0 Å². The molecule has 0 aromatic carbocycles. The SMILES string of the molecule is C=COCCOCCCC(F)(F)C(F)(F)F. The Labute approximate surface area is 90.0 Å². The van der Waals surface area contributed by atoms with Gasteiger partial charge in [-0.15, -0.1) is 0 Å². The number of hydrogen-bond donors (Lipinski definition) is 0. The zero-order chi connectivity index (χ0) is 12.7. The van der Waals surface area contributed by atoms with Crippen molar-refractivity contribution in [3.63, 3.8) is 0 Å². The summed E-state index contributed by atoms with van der Waals surface area (Å²) in [5.41, 5.74) is 0. The molecule has 96 valence electrons. The molecule has 0 aromatic heterocycles. The Hall–Kier alpha value is -0.850. The van der Waals surface area contributed by atoms with Gasteiger partial charge in [0.1, 0.15) is 6.61 Å². The molecule has 0 aliphatic carbocycles. The van der Waals surface area contributed by atoms with Crippen LogP contribution in [0.1, 0.15) is 12.8 Å². The van der Waals surface area contributed by atoms with Crippen LogP contribution in [-0.4, -0.2) is 31.9 Å². The Kier molecular flexibility index (Phi) is 6.32. The van der Waals surface area contributed by atoms with E-state index in [1.54, 1.807) is 0 Å². The van der Waals surface area contributed by atoms with Crippen molar-refractivity contribution in [1.82, 2.24) is 0 Å². The van der Waals surface area contributed by atoms with E-state index in [0.717, 1.165) is 0 Å². The molecule has 0 N–H and O–H groups in total. The molecule has 0 heterocycles. The van der Waals surface area contributed by atoms with E-state index in [-0.39, 0.29) is 26.2 Å². The average molecular weight is 248 g/mol. The largest absolute Gasteiger partial charge is 0.499 e. The van der Waals surface area contributed by atoms with Crippen molar-refractivity contribution in [3.8, 4) is 0 Å². The van der Waals surface area contributed by atoms with Crippen molar-refractivity contribution in [3.05, 3.63) is 12.8 Å². The van der Waals surface area contributed by atoms with Gasteiger partial charge in [-0.2, -0.15) is 22.0 Å². The molecular formula is C9H13F5O2. The minimum absolute atomic E-state index is 0.129. The van der Waals surface area contributed by atoms with Gasteiger partial charge >= 0.3 is 12.1 Å². The average Bonchev–Trinajstić information content (AvgIpc) is 2.14. The molecule has 0 aromatic rings. The van der Waals surface area contributed by atoms with Crippen LogP contribution in [0.2, 0.25) is 0 Å². The van der Waals surface area contributed by atoms with Gasteiger partial charge in [-0.1, -0.05) is 6.58 Å². The predicted molar refractivity (Wildman–Crippen MR) is 47.2 cm³/mol. The molecule has 0 saturated heterocycles. The van der Waals surface area contributed by atoms with E-state index in [1.807, 2.05) is 0 Å². The molecule has 0 unspecified atom stereocenters. The van der Waals surface area contributed by atoms with Crippen LogP contribution in [0.3, 0.4) is 0 Å². The summed E-state index contributed by atoms with van der Waals surface area (Å²) >= 11 is 0. The van der Waals surface area contributed by atoms with Crippen LogP contribution in [0.25, 0.3) is 0 Å². The Balaban J connectivity index is 3.55. The quantitative estimate of drug-likeness (QED) is 0.373. The molecule has 0 aliphatic heterocycles. The fourth-order valence-electron chi connectivity index (χ4n) is 0.830. The van der Waals surface area contributed by atoms with Crippen LogP contribution in [0.5, 0.6) is 0 Å². The summed E-state index contributed by atoms with van der Waals surface area (Å²) < 4.78 is 69.2. The fraction of sp³-hybridized carbons (Fsp3) is 0.778. The van der Waals surface area contributed by atoms with E-state index < -0.39 is 18.5 Å². The zero-order valence-corrected chi connectivity index (χ0v) is 8.53. The summed E-state index contributed by atoms with van der Waals surface area (Å²) in [5, 5.41) is 0. The van der Waals surface area contributed by atoms with E-state index in [2.05, 4.69) is 11.3 Å². The second-order valence-electron chi connectivity index (χ2n) is 2.96. The summed E-state index contributed by atoms with van der Waals surface area (Å²) in [6.45, 7) is 3.41. The van der Waals surface area contributed by atoms with Crippen LogP contribution < -0.4 is 0 Å². The standard InChI is InChI=1S/C9H13F5O2/c1-2-15-6-7-16-5-3-4-8(10,11)9(12,13)14/h2H,1,3-7H2. The summed E-state index contributed by atoms with van der Waals surface area (Å²) in [6, 6.07) is 0. The van der Waals surface area contributed by atoms with E-state index >= 15 is 0 Å². The molecule has 0 aliphatic rings. The Bertz CT molecular complexity index is 203. The second-order valence-corrected chi connectivity index (χ2v) is 2.96. The van der Waals surface area contributed by atoms with E-state index in [0.29, 0.717) is 0 Å². The molecule has 0 bridgehead atoms. The maximum absolute atomic E-state index is 12.3. The highest BCUT2D eigenvalue weighted by molar-refractivity contribution is 4.75. The molecule has 0 radical (unpaired) electrons. The van der Waals surface area contributed by atoms with Gasteiger partial charge in [0, 0.05) is 13.0 Å². The monoisotopic (exact) mass is 248 g/mol. The third kappa shape index (κ3) is 5.89. The van der Waals surface area contributed by atoms with Crippen LogP contribution in [0.15, 0.2) is 12.8 Å². The van der Waals surface area contributed by atoms with Crippen LogP contribution in [0.4, 0.5) is 22.0 Å². The van der Waals surface area contributed by atoms with Crippen molar-refractivity contribution < 1.29 is 31.4 Å². The zero-order valence-electron chi connectivity index (χ0n) is 8.53. The number of rotatable bonds is 8. The lowest BCUT2D eigenvalue weighted by Gasteiger charge is -2.19. The normalized spacial score (nSPS) is 12.6. The highest BCUT2D eigenvalue weighted by atomic mass is 19.4. The van der Waals surface area contributed by atoms with Crippen molar-refractivity contribution >= 4 is 0 Å². The van der Waals surface area contributed by atoms with E-state index in [9.17, 15) is 22.0 Å². The van der Waals surface area contributed by atoms with Crippen LogP contribution in [-0.2, 0) is 9.47 Å². The van der Waals surface area contributed by atoms with Gasteiger partial charge in [-0.05, 0) is 6.42 Å². The molecule has 7 heteroatoms. The summed E-state index contributed by atoms with van der Waals surface area (Å²) in [4.78, 5) is 0. The Morgan fingerprint density at radius 2 is 1.62 bits per heavy atom. The van der Waals surface area contributed by atoms with Gasteiger partial charge in [0.15, 0.2) is 0 Å². The van der Waals surface area contributed by atoms with Crippen molar-refractivity contribution in [2.75, 3.05) is 19.8 Å². The lowest BCUT2D eigenvalue weighted by molar-refractivity contribution is -0.285. The third-order valence-electron chi connectivity index (χ3n) is 1.66. The minimum Gasteiger partial charge on any atom is -0.499 e. The van der Waals surface area contributed by atoms with Crippen molar-refractivity contribution in [2.24, 2.45) is 0 Å². The molecule has 16 heavy (non-hydrogen) atoms. The smallest absolute Gasteiger partial charge is 0.453 e. The topological polar surface area (TPSA) is 18.5 Å². The van der Waals surface area contributed by atoms with Crippen LogP contribution >= 0.6 is 0 Å². The van der Waals surface area contributed by atoms with Gasteiger partial charge in [-0.25, -0.2) is 0 Å². The van der Waals surface area contributed by atoms with E-state index in [1.165, 1.54) is 6.26 Å². The number of ether oxygens (including phenoxy) is 2.